The maximum atomic E-state index is 12.0. The first-order valence-corrected chi connectivity index (χ1v) is 21.7. The van der Waals surface area contributed by atoms with Crippen LogP contribution in [-0.2, 0) is 0 Å². The number of ether oxygens (including phenoxy) is 1. The molecule has 69 heavy (non-hydrogen) atoms. The zero-order valence-electron chi connectivity index (χ0n) is 36.6. The highest BCUT2D eigenvalue weighted by atomic mass is 79.9. The molecule has 0 aliphatic carbocycles. The number of aromatic nitrogens is 8. The molecule has 0 fully saturated rings. The van der Waals surface area contributed by atoms with Crippen LogP contribution in [0.4, 0.5) is 29.5 Å². The number of nitrogens with one attached hydrogen (secondary N) is 4. The minimum Gasteiger partial charge on any atom is -0.497 e. The molecule has 8 aromatic carbocycles. The van der Waals surface area contributed by atoms with Crippen LogP contribution in [0.2, 0.25) is 0 Å². The second-order valence-corrected chi connectivity index (χ2v) is 16.6. The van der Waals surface area contributed by atoms with Gasteiger partial charge in [0.05, 0.1) is 50.7 Å². The van der Waals surface area contributed by atoms with E-state index in [4.69, 9.17) is 33.4 Å². The molecule has 0 radical (unpaired) electrons. The zero-order chi connectivity index (χ0) is 48.7. The maximum Gasteiger partial charge on any atom is 0.260 e. The van der Waals surface area contributed by atoms with Gasteiger partial charge in [-0.05, 0) is 105 Å². The molecule has 0 aliphatic rings. The Kier molecular flexibility index (Phi) is 11.8. The van der Waals surface area contributed by atoms with Crippen molar-refractivity contribution in [3.63, 3.8) is 0 Å². The number of halogens is 1. The number of fused-ring (bicyclic) bond motifs is 12. The number of nitrogen functional groups attached to an aromatic ring is 5. The van der Waals surface area contributed by atoms with Crippen LogP contribution in [0.3, 0.4) is 0 Å². The normalized spacial score (nSPS) is 11.1. The van der Waals surface area contributed by atoms with Crippen molar-refractivity contribution in [3.05, 3.63) is 173 Å². The van der Waals surface area contributed by atoms with E-state index in [9.17, 15) is 19.2 Å². The summed E-state index contributed by atoms with van der Waals surface area (Å²) in [6, 6.07) is 37.5. The van der Waals surface area contributed by atoms with E-state index in [2.05, 4.69) is 55.8 Å². The number of methoxy groups -OCH3 is 1. The van der Waals surface area contributed by atoms with Crippen molar-refractivity contribution in [2.24, 2.45) is 0 Å². The van der Waals surface area contributed by atoms with Gasteiger partial charge < -0.3 is 33.4 Å². The van der Waals surface area contributed by atoms with E-state index in [-0.39, 0.29) is 46.0 Å². The number of benzene rings is 8. The average Bonchev–Trinajstić information content (AvgIpc) is 3.31. The Bertz CT molecular complexity index is 4250. The summed E-state index contributed by atoms with van der Waals surface area (Å²) in [5.41, 5.74) is 31.1. The fraction of sp³-hybridized carbons (Fsp3) is 0.0400. The first-order chi connectivity index (χ1) is 33.2. The molecule has 4 aromatic heterocycles. The summed E-state index contributed by atoms with van der Waals surface area (Å²) in [4.78, 5) is 74.4. The Balaban J connectivity index is 0.000000115. The quantitative estimate of drug-likeness (QED) is 0.0576. The average molecular weight is 983 g/mol. The van der Waals surface area contributed by atoms with Crippen LogP contribution in [0.25, 0.3) is 86.7 Å². The lowest BCUT2D eigenvalue weighted by molar-refractivity contribution is 0.415. The Labute approximate surface area is 396 Å². The molecule has 12 aromatic rings. The molecule has 18 nitrogen and oxygen atoms in total. The zero-order valence-corrected chi connectivity index (χ0v) is 38.2. The van der Waals surface area contributed by atoms with Gasteiger partial charge in [-0.1, -0.05) is 82.7 Å². The second kappa shape index (κ2) is 18.1. The summed E-state index contributed by atoms with van der Waals surface area (Å²) < 4.78 is 6.13. The molecule has 14 N–H and O–H groups in total. The molecule has 12 rings (SSSR count). The fourth-order valence-corrected chi connectivity index (χ4v) is 8.76. The van der Waals surface area contributed by atoms with Crippen molar-refractivity contribution < 1.29 is 4.74 Å². The first-order valence-electron chi connectivity index (χ1n) is 21.0. The number of aromatic amines is 4. The van der Waals surface area contributed by atoms with Gasteiger partial charge in [-0.15, -0.1) is 0 Å². The van der Waals surface area contributed by atoms with Crippen LogP contribution >= 0.6 is 15.9 Å². The number of nitrogens with zero attached hydrogens (tertiary/aromatic N) is 4. The van der Waals surface area contributed by atoms with Crippen molar-refractivity contribution in [2.75, 3.05) is 35.8 Å². The lowest BCUT2D eigenvalue weighted by Gasteiger charge is -2.06. The number of hydrogen-bond acceptors (Lipinski definition) is 14. The van der Waals surface area contributed by atoms with E-state index < -0.39 is 0 Å². The van der Waals surface area contributed by atoms with Gasteiger partial charge in [-0.2, -0.15) is 0 Å². The number of rotatable bonds is 1. The van der Waals surface area contributed by atoms with Gasteiger partial charge in [0.15, 0.2) is 0 Å². The van der Waals surface area contributed by atoms with Crippen LogP contribution in [0.15, 0.2) is 145 Å². The van der Waals surface area contributed by atoms with Crippen LogP contribution < -0.4 is 55.6 Å². The lowest BCUT2D eigenvalue weighted by Crippen LogP contribution is -2.11. The van der Waals surface area contributed by atoms with Crippen molar-refractivity contribution in [1.29, 1.82) is 0 Å². The molecule has 0 atom stereocenters. The highest BCUT2D eigenvalue weighted by Gasteiger charge is 2.12. The van der Waals surface area contributed by atoms with Crippen LogP contribution in [-0.4, -0.2) is 47.0 Å². The minimum atomic E-state index is -0.239. The molecule has 0 amide bonds. The Hall–Kier alpha value is -9.36. The number of hydrogen-bond donors (Lipinski definition) is 9. The molecule has 0 saturated heterocycles. The van der Waals surface area contributed by atoms with Crippen molar-refractivity contribution in [1.82, 2.24) is 39.9 Å². The second-order valence-electron chi connectivity index (χ2n) is 15.7. The third-order valence-electron chi connectivity index (χ3n) is 11.3. The predicted molar refractivity (Wildman–Crippen MR) is 281 cm³/mol. The van der Waals surface area contributed by atoms with Crippen LogP contribution in [0.1, 0.15) is 5.56 Å². The van der Waals surface area contributed by atoms with Gasteiger partial charge in [-0.3, -0.25) is 39.1 Å². The molecule has 0 spiro atoms. The van der Waals surface area contributed by atoms with E-state index in [0.29, 0.717) is 55.0 Å². The first kappa shape index (κ1) is 44.8. The van der Waals surface area contributed by atoms with E-state index in [1.807, 2.05) is 104 Å². The monoisotopic (exact) mass is 981 g/mol. The molecular formula is C50H40BrN13O5. The summed E-state index contributed by atoms with van der Waals surface area (Å²) in [5.74, 6) is 1.23. The summed E-state index contributed by atoms with van der Waals surface area (Å²) in [7, 11) is 1.59. The number of H-pyrrole nitrogens is 4. The van der Waals surface area contributed by atoms with Crippen molar-refractivity contribution in [3.8, 4) is 5.75 Å². The largest absolute Gasteiger partial charge is 0.497 e. The van der Waals surface area contributed by atoms with Crippen LogP contribution in [0.5, 0.6) is 5.75 Å². The van der Waals surface area contributed by atoms with E-state index >= 15 is 0 Å². The van der Waals surface area contributed by atoms with Gasteiger partial charge in [0.1, 0.15) is 5.75 Å². The molecule has 19 heteroatoms. The number of nitrogens with two attached hydrogens (primary N) is 5. The number of aryl methyl sites for hydroxylation is 1. The lowest BCUT2D eigenvalue weighted by atomic mass is 10.0. The molecule has 0 aliphatic heterocycles. The molecular weight excluding hydrogens is 943 g/mol. The number of anilines is 5. The standard InChI is InChI=1S/C13H11N3O2.C13H11N3O.C12H8BrN3O.C12H10N4O/c1-18-8-4-2-7-3-5-10-11(9(7)6-8)12(17)16-13(14)15-10;1-7-6-10-11(12(17)16-13(14)15-10)9-5-3-2-4-8(7)9;13-8-3-1-2-7-6(8)4-5-9-10(7)11(17)16-12(14)15-9;13-7-2-3-8-6(5-7)1-4-9-10(8)11(17)16-12(14)15-9/h2-6H,1H3,(H3,14,15,16,17);2-6H,1H3,(H3,14,15,16,17);1-5H,(H3,14,15,16,17);1-5H,13H2,(H3,14,15,16,17). The highest BCUT2D eigenvalue weighted by molar-refractivity contribution is 9.10. The Morgan fingerprint density at radius 3 is 1.48 bits per heavy atom. The van der Waals surface area contributed by atoms with E-state index in [1.54, 1.807) is 31.4 Å². The summed E-state index contributed by atoms with van der Waals surface area (Å²) in [6.07, 6.45) is 0. The van der Waals surface area contributed by atoms with E-state index in [1.165, 1.54) is 0 Å². The van der Waals surface area contributed by atoms with Gasteiger partial charge in [0, 0.05) is 15.5 Å². The van der Waals surface area contributed by atoms with E-state index in [0.717, 1.165) is 53.1 Å². The van der Waals surface area contributed by atoms with Gasteiger partial charge in [0.25, 0.3) is 22.2 Å². The fourth-order valence-electron chi connectivity index (χ4n) is 8.27. The molecule has 0 bridgehead atoms. The highest BCUT2D eigenvalue weighted by Crippen LogP contribution is 2.29. The summed E-state index contributed by atoms with van der Waals surface area (Å²) >= 11 is 3.46. The summed E-state index contributed by atoms with van der Waals surface area (Å²) in [5, 5.41) is 9.56. The minimum absolute atomic E-state index is 0.120. The Morgan fingerprint density at radius 2 is 0.884 bits per heavy atom. The SMILES string of the molecule is COc1ccc2ccc3nc(N)[nH]c(=O)c3c2c1.Cc1cc2nc(N)[nH]c(=O)c2c2ccccc12.Nc1ccc2c(ccc3nc(N)[nH]c(=O)c32)c1.Nc1nc2ccc3c(Br)cccc3c2c(=O)[nH]1. The molecule has 0 unspecified atom stereocenters. The molecule has 0 saturated carbocycles. The third-order valence-corrected chi connectivity index (χ3v) is 12.0. The summed E-state index contributed by atoms with van der Waals surface area (Å²) in [6.45, 7) is 2.00. The molecule has 342 valence electrons. The van der Waals surface area contributed by atoms with Gasteiger partial charge in [0.2, 0.25) is 23.8 Å². The van der Waals surface area contributed by atoms with Crippen molar-refractivity contribution in [2.45, 2.75) is 6.92 Å². The molecule has 4 heterocycles. The van der Waals surface area contributed by atoms with Gasteiger partial charge >= 0.3 is 0 Å². The van der Waals surface area contributed by atoms with Gasteiger partial charge in [-0.25, -0.2) is 19.9 Å². The van der Waals surface area contributed by atoms with Crippen LogP contribution in [0, 0.1) is 6.92 Å². The Morgan fingerprint density at radius 1 is 0.435 bits per heavy atom. The maximum absolute atomic E-state index is 12.0. The predicted octanol–water partition coefficient (Wildman–Crippen LogP) is 7.30. The smallest absolute Gasteiger partial charge is 0.260 e. The third kappa shape index (κ3) is 8.75. The van der Waals surface area contributed by atoms with Crippen molar-refractivity contribution >= 4 is 132 Å². The topological polar surface area (TPSA) is 322 Å².